The molecule has 20 heavy (non-hydrogen) atoms. The lowest BCUT2D eigenvalue weighted by Crippen LogP contribution is -1.91. The van der Waals surface area contributed by atoms with Gasteiger partial charge in [0.1, 0.15) is 5.02 Å². The van der Waals surface area contributed by atoms with Crippen molar-refractivity contribution in [3.8, 4) is 0 Å². The van der Waals surface area contributed by atoms with Gasteiger partial charge in [-0.15, -0.1) is 0 Å². The molecule has 0 aliphatic heterocycles. The van der Waals surface area contributed by atoms with Crippen LogP contribution in [0.3, 0.4) is 0 Å². The maximum Gasteiger partial charge on any atom is 0.324 e. The molecule has 0 bridgehead atoms. The van der Waals surface area contributed by atoms with Crippen LogP contribution in [0.15, 0.2) is 24.5 Å². The van der Waals surface area contributed by atoms with Gasteiger partial charge >= 0.3 is 5.69 Å². The van der Waals surface area contributed by atoms with Crippen molar-refractivity contribution in [2.45, 2.75) is 0 Å². The summed E-state index contributed by atoms with van der Waals surface area (Å²) in [6.07, 6.45) is 2.80. The molecule has 0 aromatic carbocycles. The molecule has 0 unspecified atom stereocenters. The summed E-state index contributed by atoms with van der Waals surface area (Å²) < 4.78 is 0. The van der Waals surface area contributed by atoms with Gasteiger partial charge in [0.15, 0.2) is 5.15 Å². The molecule has 2 aromatic heterocycles. The minimum absolute atomic E-state index is 0.00463. The van der Waals surface area contributed by atoms with Gasteiger partial charge in [0, 0.05) is 12.4 Å². The predicted octanol–water partition coefficient (Wildman–Crippen LogP) is 4.27. The molecule has 106 valence electrons. The second-order valence-electron chi connectivity index (χ2n) is 3.19. The molecule has 0 atom stereocenters. The van der Waals surface area contributed by atoms with Crippen molar-refractivity contribution >= 4 is 57.8 Å². The summed E-state index contributed by atoms with van der Waals surface area (Å²) in [5, 5.41) is 10.7. The Kier molecular flexibility index (Phi) is 6.22. The fourth-order valence-corrected chi connectivity index (χ4v) is 1.84. The van der Waals surface area contributed by atoms with Crippen LogP contribution in [0.25, 0.3) is 0 Å². The number of nitrogens with two attached hydrogens (primary N) is 1. The largest absolute Gasteiger partial charge is 0.395 e. The number of anilines is 1. The van der Waals surface area contributed by atoms with E-state index in [0.717, 1.165) is 0 Å². The third-order valence-corrected chi connectivity index (χ3v) is 3.11. The average Bonchev–Trinajstić information content (AvgIpc) is 2.36. The number of rotatable bonds is 1. The minimum atomic E-state index is -0.669. The summed E-state index contributed by atoms with van der Waals surface area (Å²) in [4.78, 5) is 16.8. The number of hydrogen-bond acceptors (Lipinski definition) is 5. The van der Waals surface area contributed by atoms with Gasteiger partial charge in [0.2, 0.25) is 5.15 Å². The number of nitrogens with zero attached hydrogens (tertiary/aromatic N) is 3. The van der Waals surface area contributed by atoms with Crippen LogP contribution >= 0.6 is 46.4 Å². The molecule has 0 radical (unpaired) electrons. The van der Waals surface area contributed by atoms with Gasteiger partial charge in [-0.25, -0.2) is 9.97 Å². The standard InChI is InChI=1S/C5H2Cl2N2O2.C5H4Cl2N2/c6-3-1-2-8-5(7)4(3)9(10)11;6-3-1-2-9-5(7)4(3)8/h1-2H;1-2H,8H2. The van der Waals surface area contributed by atoms with Crippen LogP contribution in [-0.4, -0.2) is 14.9 Å². The lowest BCUT2D eigenvalue weighted by atomic mass is 10.4. The molecule has 0 aliphatic carbocycles. The normalized spacial score (nSPS) is 9.60. The number of hydrogen-bond donors (Lipinski definition) is 1. The van der Waals surface area contributed by atoms with Crippen LogP contribution < -0.4 is 5.73 Å². The zero-order valence-corrected chi connectivity index (χ0v) is 12.6. The van der Waals surface area contributed by atoms with Gasteiger partial charge in [-0.3, -0.25) is 10.1 Å². The number of pyridine rings is 2. The number of nitro groups is 1. The van der Waals surface area contributed by atoms with E-state index in [1.54, 1.807) is 6.07 Å². The van der Waals surface area contributed by atoms with Crippen LogP contribution in [0.5, 0.6) is 0 Å². The molecule has 2 aromatic rings. The van der Waals surface area contributed by atoms with Crippen molar-refractivity contribution in [3.05, 3.63) is 55.0 Å². The average molecular weight is 356 g/mol. The van der Waals surface area contributed by atoms with E-state index in [1.165, 1.54) is 18.5 Å². The van der Waals surface area contributed by atoms with Gasteiger partial charge in [-0.1, -0.05) is 46.4 Å². The second kappa shape index (κ2) is 7.44. The van der Waals surface area contributed by atoms with E-state index >= 15 is 0 Å². The highest BCUT2D eigenvalue weighted by Gasteiger charge is 2.17. The molecule has 2 N–H and O–H groups in total. The summed E-state index contributed by atoms with van der Waals surface area (Å²) in [7, 11) is 0. The van der Waals surface area contributed by atoms with E-state index in [4.69, 9.17) is 52.1 Å². The maximum atomic E-state index is 10.2. The minimum Gasteiger partial charge on any atom is -0.395 e. The molecule has 2 rings (SSSR count). The van der Waals surface area contributed by atoms with Crippen LogP contribution in [0.1, 0.15) is 0 Å². The van der Waals surface area contributed by atoms with E-state index in [1.807, 2.05) is 0 Å². The van der Waals surface area contributed by atoms with Gasteiger partial charge in [-0.05, 0) is 12.1 Å². The van der Waals surface area contributed by atoms with Crippen molar-refractivity contribution < 1.29 is 4.92 Å². The Labute approximate surface area is 133 Å². The van der Waals surface area contributed by atoms with Crippen LogP contribution in [0, 0.1) is 10.1 Å². The van der Waals surface area contributed by atoms with Crippen LogP contribution in [-0.2, 0) is 0 Å². The third-order valence-electron chi connectivity index (χ3n) is 1.90. The summed E-state index contributed by atoms with van der Waals surface area (Å²) in [6.45, 7) is 0. The molecular weight excluding hydrogens is 350 g/mol. The Bertz CT molecular complexity index is 598. The molecule has 0 amide bonds. The number of aromatic nitrogens is 2. The highest BCUT2D eigenvalue weighted by molar-refractivity contribution is 6.38. The first-order chi connectivity index (χ1) is 9.34. The molecule has 0 fully saturated rings. The Morgan fingerprint density at radius 2 is 1.50 bits per heavy atom. The SMILES string of the molecule is Nc1c(Cl)ccnc1Cl.O=[N+]([O-])c1c(Cl)ccnc1Cl. The Balaban J connectivity index is 0.000000204. The molecular formula is C10H6Cl4N4O2. The first kappa shape index (κ1) is 16.7. The fraction of sp³-hybridized carbons (Fsp3) is 0. The first-order valence-electron chi connectivity index (χ1n) is 4.84. The third kappa shape index (κ3) is 4.35. The highest BCUT2D eigenvalue weighted by atomic mass is 35.5. The van der Waals surface area contributed by atoms with Crippen molar-refractivity contribution in [3.63, 3.8) is 0 Å². The van der Waals surface area contributed by atoms with Crippen molar-refractivity contribution in [2.24, 2.45) is 0 Å². The molecule has 0 saturated carbocycles. The molecule has 0 saturated heterocycles. The number of nitrogen functional groups attached to an aromatic ring is 1. The highest BCUT2D eigenvalue weighted by Crippen LogP contribution is 2.29. The maximum absolute atomic E-state index is 10.2. The zero-order chi connectivity index (χ0) is 15.3. The lowest BCUT2D eigenvalue weighted by molar-refractivity contribution is -0.384. The quantitative estimate of drug-likeness (QED) is 0.468. The summed E-state index contributed by atoms with van der Waals surface area (Å²) in [5.74, 6) is 0. The Morgan fingerprint density at radius 1 is 1.00 bits per heavy atom. The second-order valence-corrected chi connectivity index (χ2v) is 4.72. The topological polar surface area (TPSA) is 94.9 Å². The lowest BCUT2D eigenvalue weighted by Gasteiger charge is -1.95. The molecule has 0 spiro atoms. The predicted molar refractivity (Wildman–Crippen MR) is 79.6 cm³/mol. The van der Waals surface area contributed by atoms with Gasteiger partial charge in [0.25, 0.3) is 0 Å². The molecule has 2 heterocycles. The van der Waals surface area contributed by atoms with Crippen LogP contribution in [0.2, 0.25) is 20.4 Å². The van der Waals surface area contributed by atoms with E-state index in [-0.39, 0.29) is 21.0 Å². The number of halogens is 4. The van der Waals surface area contributed by atoms with Gasteiger partial charge in [-0.2, -0.15) is 0 Å². The molecule has 0 aliphatic rings. The Hall–Kier alpha value is -1.34. The zero-order valence-electron chi connectivity index (χ0n) is 9.56. The molecule has 6 nitrogen and oxygen atoms in total. The van der Waals surface area contributed by atoms with E-state index in [2.05, 4.69) is 9.97 Å². The smallest absolute Gasteiger partial charge is 0.324 e. The summed E-state index contributed by atoms with van der Waals surface area (Å²) in [6, 6.07) is 2.90. The van der Waals surface area contributed by atoms with Crippen LogP contribution in [0.4, 0.5) is 11.4 Å². The molecule has 10 heteroatoms. The van der Waals surface area contributed by atoms with Crippen molar-refractivity contribution in [1.82, 2.24) is 9.97 Å². The van der Waals surface area contributed by atoms with Gasteiger partial charge < -0.3 is 5.73 Å². The first-order valence-corrected chi connectivity index (χ1v) is 6.35. The summed E-state index contributed by atoms with van der Waals surface area (Å²) in [5.41, 5.74) is 5.34. The van der Waals surface area contributed by atoms with Crippen molar-refractivity contribution in [2.75, 3.05) is 5.73 Å². The van der Waals surface area contributed by atoms with E-state index < -0.39 is 4.92 Å². The van der Waals surface area contributed by atoms with E-state index in [0.29, 0.717) is 10.7 Å². The monoisotopic (exact) mass is 354 g/mol. The van der Waals surface area contributed by atoms with Gasteiger partial charge in [0.05, 0.1) is 15.6 Å². The van der Waals surface area contributed by atoms with Crippen molar-refractivity contribution in [1.29, 1.82) is 0 Å². The summed E-state index contributed by atoms with van der Waals surface area (Å²) >= 11 is 21.9. The Morgan fingerprint density at radius 3 is 1.85 bits per heavy atom. The fourth-order valence-electron chi connectivity index (χ4n) is 0.995. The van der Waals surface area contributed by atoms with E-state index in [9.17, 15) is 10.1 Å².